The molecule has 1 aromatic heterocycles. The van der Waals surface area contributed by atoms with Crippen LogP contribution in [0.25, 0.3) is 0 Å². The van der Waals surface area contributed by atoms with Gasteiger partial charge in [-0.3, -0.25) is 10.1 Å². The highest BCUT2D eigenvalue weighted by Gasteiger charge is 2.26. The van der Waals surface area contributed by atoms with E-state index in [1.807, 2.05) is 6.92 Å². The van der Waals surface area contributed by atoms with E-state index >= 15 is 0 Å². The van der Waals surface area contributed by atoms with Gasteiger partial charge in [0.05, 0.1) is 4.92 Å². The van der Waals surface area contributed by atoms with Crippen molar-refractivity contribution in [2.45, 2.75) is 45.4 Å². The summed E-state index contributed by atoms with van der Waals surface area (Å²) in [5, 5.41) is 18.7. The molecule has 0 saturated heterocycles. The monoisotopic (exact) mass is 266 g/mol. The van der Waals surface area contributed by atoms with E-state index in [-0.39, 0.29) is 10.6 Å². The highest BCUT2D eigenvalue weighted by atomic mass is 16.6. The average molecular weight is 266 g/mol. The van der Waals surface area contributed by atoms with Gasteiger partial charge in [0.2, 0.25) is 5.82 Å². The number of aryl methyl sites for hydroxylation is 2. The second-order valence-corrected chi connectivity index (χ2v) is 5.26. The first-order valence-corrected chi connectivity index (χ1v) is 7.07. The van der Waals surface area contributed by atoms with Crippen LogP contribution < -0.4 is 5.32 Å². The van der Waals surface area contributed by atoms with E-state index in [0.717, 1.165) is 6.54 Å². The van der Waals surface area contributed by atoms with Gasteiger partial charge in [0.25, 0.3) is 0 Å². The Morgan fingerprint density at radius 1 is 1.42 bits per heavy atom. The third-order valence-electron chi connectivity index (χ3n) is 3.89. The van der Waals surface area contributed by atoms with Crippen LogP contribution in [0.4, 0.5) is 11.5 Å². The molecule has 0 spiro atoms. The molecule has 6 nitrogen and oxygen atoms in total. The molecule has 0 unspecified atom stereocenters. The topological polar surface area (TPSA) is 73.0 Å². The van der Waals surface area contributed by atoms with Crippen LogP contribution in [0.1, 0.15) is 44.7 Å². The maximum atomic E-state index is 11.2. The van der Waals surface area contributed by atoms with E-state index in [9.17, 15) is 10.1 Å². The lowest BCUT2D eigenvalue weighted by atomic mass is 9.89. The molecule has 0 atom stereocenters. The fourth-order valence-electron chi connectivity index (χ4n) is 2.83. The Morgan fingerprint density at radius 2 is 2.11 bits per heavy atom. The number of anilines is 1. The summed E-state index contributed by atoms with van der Waals surface area (Å²) in [4.78, 5) is 10.9. The van der Waals surface area contributed by atoms with Crippen molar-refractivity contribution in [3.05, 3.63) is 15.8 Å². The lowest BCUT2D eigenvalue weighted by Crippen LogP contribution is -2.18. The number of nitrogens with one attached hydrogen (secondary N) is 1. The Labute approximate surface area is 113 Å². The Balaban J connectivity index is 2.10. The molecule has 19 heavy (non-hydrogen) atoms. The first-order chi connectivity index (χ1) is 9.13. The average Bonchev–Trinajstić information content (AvgIpc) is 2.74. The van der Waals surface area contributed by atoms with E-state index in [1.165, 1.54) is 32.1 Å². The van der Waals surface area contributed by atoms with E-state index in [2.05, 4.69) is 10.4 Å². The fraction of sp³-hybridized carbons (Fsp3) is 0.769. The molecule has 2 rings (SSSR count). The third-order valence-corrected chi connectivity index (χ3v) is 3.89. The molecular formula is C13H22N4O2. The number of hydrogen-bond donors (Lipinski definition) is 1. The first kappa shape index (κ1) is 13.8. The van der Waals surface area contributed by atoms with Gasteiger partial charge in [0.1, 0.15) is 5.69 Å². The normalized spacial score (nSPS) is 16.5. The second kappa shape index (κ2) is 6.04. The smallest absolute Gasteiger partial charge is 0.333 e. The minimum atomic E-state index is -0.324. The van der Waals surface area contributed by atoms with Crippen molar-refractivity contribution in [2.24, 2.45) is 13.0 Å². The van der Waals surface area contributed by atoms with Crippen LogP contribution in [0.3, 0.4) is 0 Å². The summed E-state index contributed by atoms with van der Waals surface area (Å²) in [5.74, 6) is 1.18. The minimum absolute atomic E-state index is 0.140. The van der Waals surface area contributed by atoms with E-state index < -0.39 is 0 Å². The van der Waals surface area contributed by atoms with Gasteiger partial charge in [-0.1, -0.05) is 26.2 Å². The molecule has 1 aliphatic carbocycles. The van der Waals surface area contributed by atoms with Crippen molar-refractivity contribution in [2.75, 3.05) is 11.9 Å². The maximum Gasteiger partial charge on any atom is 0.333 e. The summed E-state index contributed by atoms with van der Waals surface area (Å²) in [6.07, 6.45) is 6.90. The molecule has 0 bridgehead atoms. The molecule has 0 aromatic carbocycles. The highest BCUT2D eigenvalue weighted by molar-refractivity contribution is 5.59. The molecule has 106 valence electrons. The van der Waals surface area contributed by atoms with Crippen LogP contribution in [-0.4, -0.2) is 21.2 Å². The first-order valence-electron chi connectivity index (χ1n) is 7.07. The van der Waals surface area contributed by atoms with Crippen LogP contribution in [0.15, 0.2) is 0 Å². The van der Waals surface area contributed by atoms with E-state index in [4.69, 9.17) is 0 Å². The van der Waals surface area contributed by atoms with Gasteiger partial charge in [-0.25, -0.2) is 4.68 Å². The lowest BCUT2D eigenvalue weighted by Gasteiger charge is -2.21. The summed E-state index contributed by atoms with van der Waals surface area (Å²) in [6.45, 7) is 2.70. The van der Waals surface area contributed by atoms with Gasteiger partial charge in [0, 0.05) is 13.6 Å². The van der Waals surface area contributed by atoms with E-state index in [0.29, 0.717) is 23.9 Å². The third kappa shape index (κ3) is 3.05. The molecule has 1 aromatic rings. The standard InChI is InChI=1S/C13H22N4O2/c1-3-11-12(17(18)19)13(16(2)15-11)14-9-10-7-5-4-6-8-10/h10,14H,3-9H2,1-2H3. The molecular weight excluding hydrogens is 244 g/mol. The van der Waals surface area contributed by atoms with Gasteiger partial charge in [-0.2, -0.15) is 5.10 Å². The van der Waals surface area contributed by atoms with Gasteiger partial charge < -0.3 is 5.32 Å². The minimum Gasteiger partial charge on any atom is -0.364 e. The zero-order chi connectivity index (χ0) is 13.8. The zero-order valence-electron chi connectivity index (χ0n) is 11.7. The number of rotatable bonds is 5. The Morgan fingerprint density at radius 3 is 2.68 bits per heavy atom. The molecule has 1 aliphatic rings. The maximum absolute atomic E-state index is 11.2. The van der Waals surface area contributed by atoms with Crippen molar-refractivity contribution >= 4 is 11.5 Å². The number of nitrogens with zero attached hydrogens (tertiary/aromatic N) is 3. The summed E-state index contributed by atoms with van der Waals surface area (Å²) >= 11 is 0. The van der Waals surface area contributed by atoms with Gasteiger partial charge in [-0.15, -0.1) is 0 Å². The van der Waals surface area contributed by atoms with Gasteiger partial charge in [0.15, 0.2) is 0 Å². The van der Waals surface area contributed by atoms with Crippen LogP contribution >= 0.6 is 0 Å². The molecule has 1 N–H and O–H groups in total. The molecule has 0 amide bonds. The summed E-state index contributed by atoms with van der Waals surface area (Å²) in [7, 11) is 1.76. The summed E-state index contributed by atoms with van der Waals surface area (Å²) in [6, 6.07) is 0. The van der Waals surface area contributed by atoms with Crippen molar-refractivity contribution in [3.8, 4) is 0 Å². The summed E-state index contributed by atoms with van der Waals surface area (Å²) < 4.78 is 1.60. The van der Waals surface area contributed by atoms with Crippen molar-refractivity contribution in [3.63, 3.8) is 0 Å². The molecule has 0 aliphatic heterocycles. The van der Waals surface area contributed by atoms with E-state index in [1.54, 1.807) is 11.7 Å². The Kier molecular flexibility index (Phi) is 4.39. The predicted octanol–water partition coefficient (Wildman–Crippen LogP) is 2.88. The van der Waals surface area contributed by atoms with Crippen LogP contribution in [0, 0.1) is 16.0 Å². The molecule has 1 saturated carbocycles. The quantitative estimate of drug-likeness (QED) is 0.657. The molecule has 1 fully saturated rings. The predicted molar refractivity (Wildman–Crippen MR) is 74.3 cm³/mol. The Bertz CT molecular complexity index is 450. The lowest BCUT2D eigenvalue weighted by molar-refractivity contribution is -0.384. The van der Waals surface area contributed by atoms with Crippen LogP contribution in [-0.2, 0) is 13.5 Å². The van der Waals surface area contributed by atoms with Gasteiger partial charge in [-0.05, 0) is 25.2 Å². The van der Waals surface area contributed by atoms with Crippen LogP contribution in [0.2, 0.25) is 0 Å². The van der Waals surface area contributed by atoms with Crippen molar-refractivity contribution in [1.29, 1.82) is 0 Å². The fourth-order valence-corrected chi connectivity index (χ4v) is 2.83. The summed E-state index contributed by atoms with van der Waals surface area (Å²) in [5.41, 5.74) is 0.694. The van der Waals surface area contributed by atoms with Crippen LogP contribution in [0.5, 0.6) is 0 Å². The molecule has 6 heteroatoms. The highest BCUT2D eigenvalue weighted by Crippen LogP contribution is 2.30. The molecule has 0 radical (unpaired) electrons. The zero-order valence-corrected chi connectivity index (χ0v) is 11.7. The second-order valence-electron chi connectivity index (χ2n) is 5.26. The van der Waals surface area contributed by atoms with Crippen molar-refractivity contribution < 1.29 is 4.92 Å². The number of nitro groups is 1. The van der Waals surface area contributed by atoms with Gasteiger partial charge >= 0.3 is 5.69 Å². The SMILES string of the molecule is CCc1nn(C)c(NCC2CCCCC2)c1[N+](=O)[O-]. The van der Waals surface area contributed by atoms with Crippen molar-refractivity contribution in [1.82, 2.24) is 9.78 Å². The largest absolute Gasteiger partial charge is 0.364 e. The number of aromatic nitrogens is 2. The Hall–Kier alpha value is -1.59. The molecule has 1 heterocycles. The number of hydrogen-bond acceptors (Lipinski definition) is 4.